The first-order chi connectivity index (χ1) is 27.3. The van der Waals surface area contributed by atoms with Gasteiger partial charge in [0.2, 0.25) is 0 Å². The van der Waals surface area contributed by atoms with Crippen LogP contribution in [0.4, 0.5) is 17.1 Å². The highest BCUT2D eigenvalue weighted by Gasteiger charge is 2.20. The van der Waals surface area contributed by atoms with E-state index in [9.17, 15) is 0 Å². The maximum absolute atomic E-state index is 2.44. The quantitative estimate of drug-likeness (QED) is 0.168. The van der Waals surface area contributed by atoms with Crippen molar-refractivity contribution in [3.63, 3.8) is 0 Å². The summed E-state index contributed by atoms with van der Waals surface area (Å²) in [5, 5.41) is 7.45. The van der Waals surface area contributed by atoms with Crippen molar-refractivity contribution in [1.82, 2.24) is 9.13 Å². The molecule has 11 aromatic rings. The smallest absolute Gasteiger partial charge is 0.0561 e. The molecule has 0 aliphatic rings. The van der Waals surface area contributed by atoms with Gasteiger partial charge in [0.1, 0.15) is 0 Å². The molecule has 0 unspecified atom stereocenters. The number of hydrogen-bond donors (Lipinski definition) is 0. The zero-order chi connectivity index (χ0) is 36.3. The van der Waals surface area contributed by atoms with Crippen LogP contribution in [0, 0.1) is 0 Å². The van der Waals surface area contributed by atoms with Crippen LogP contribution >= 0.6 is 0 Å². The summed E-state index contributed by atoms with van der Waals surface area (Å²) in [4.78, 5) is 2.37. The number of nitrogens with zero attached hydrogens (tertiary/aromatic N) is 3. The molecular weight excluding hydrogens is 667 g/mol. The number of hydrogen-bond acceptors (Lipinski definition) is 1. The Bertz CT molecular complexity index is 3140. The summed E-state index contributed by atoms with van der Waals surface area (Å²) in [6, 6.07) is 76.9. The lowest BCUT2D eigenvalue weighted by Crippen LogP contribution is -2.10. The van der Waals surface area contributed by atoms with Crippen LogP contribution < -0.4 is 4.90 Å². The number of para-hydroxylation sites is 5. The second-order valence-electron chi connectivity index (χ2n) is 14.2. The van der Waals surface area contributed by atoms with Crippen LogP contribution in [0.1, 0.15) is 0 Å². The van der Waals surface area contributed by atoms with Crippen molar-refractivity contribution < 1.29 is 0 Å². The highest BCUT2D eigenvalue weighted by Crippen LogP contribution is 2.43. The average Bonchev–Trinajstić information content (AvgIpc) is 3.77. The molecule has 0 N–H and O–H groups in total. The minimum atomic E-state index is 1.09. The molecule has 0 spiro atoms. The molecule has 0 atom stereocenters. The van der Waals surface area contributed by atoms with Crippen molar-refractivity contribution in [2.75, 3.05) is 4.90 Å². The Hall–Kier alpha value is -7.36. The Balaban J connectivity index is 1.11. The molecule has 0 saturated carbocycles. The summed E-state index contributed by atoms with van der Waals surface area (Å²) < 4.78 is 4.83. The van der Waals surface area contributed by atoms with Gasteiger partial charge >= 0.3 is 0 Å². The molecule has 2 aromatic heterocycles. The number of fused-ring (bicyclic) bond motifs is 7. The van der Waals surface area contributed by atoms with E-state index in [4.69, 9.17) is 0 Å². The first-order valence-electron chi connectivity index (χ1n) is 18.9. The first-order valence-corrected chi connectivity index (χ1v) is 18.9. The van der Waals surface area contributed by atoms with Crippen LogP contribution in [0.5, 0.6) is 0 Å². The maximum Gasteiger partial charge on any atom is 0.0561 e. The molecule has 0 aliphatic carbocycles. The van der Waals surface area contributed by atoms with Crippen molar-refractivity contribution >= 4 is 71.4 Å². The molecule has 0 saturated heterocycles. The van der Waals surface area contributed by atoms with Gasteiger partial charge in [0, 0.05) is 49.9 Å². The molecule has 0 amide bonds. The van der Waals surface area contributed by atoms with Gasteiger partial charge in [0.15, 0.2) is 0 Å². The van der Waals surface area contributed by atoms with Crippen molar-refractivity contribution in [3.8, 4) is 22.5 Å². The molecule has 2 heterocycles. The highest BCUT2D eigenvalue weighted by molar-refractivity contribution is 6.12. The number of benzene rings is 9. The standard InChI is InChI=1S/C52H35N3/c1-3-16-38(17-4-1)53(41-32-33-46-45-23-9-12-24-47(45)54(51(46)35-41)39-18-5-2-6-19-39)40-30-27-37(28-31-40)52-42-20-8-7-15-36(42)29-34-50(52)55-48-25-13-10-21-43(48)44-22-11-14-26-49(44)55/h1-35H. The Morgan fingerprint density at radius 3 is 1.45 bits per heavy atom. The largest absolute Gasteiger partial charge is 0.310 e. The van der Waals surface area contributed by atoms with Crippen LogP contribution in [-0.2, 0) is 0 Å². The molecular formula is C52H35N3. The zero-order valence-corrected chi connectivity index (χ0v) is 30.0. The van der Waals surface area contributed by atoms with Crippen LogP contribution in [0.3, 0.4) is 0 Å². The van der Waals surface area contributed by atoms with E-state index in [2.05, 4.69) is 226 Å². The third-order valence-corrected chi connectivity index (χ3v) is 11.1. The van der Waals surface area contributed by atoms with E-state index in [-0.39, 0.29) is 0 Å². The minimum Gasteiger partial charge on any atom is -0.310 e. The van der Waals surface area contributed by atoms with E-state index in [0.717, 1.165) is 22.7 Å². The van der Waals surface area contributed by atoms with E-state index >= 15 is 0 Å². The predicted octanol–water partition coefficient (Wildman–Crippen LogP) is 14.2. The fourth-order valence-electron chi connectivity index (χ4n) is 8.69. The molecule has 0 bridgehead atoms. The number of rotatable bonds is 6. The Kier molecular flexibility index (Phi) is 7.17. The summed E-state index contributed by atoms with van der Waals surface area (Å²) in [5.41, 5.74) is 12.8. The third-order valence-electron chi connectivity index (χ3n) is 11.1. The average molecular weight is 702 g/mol. The van der Waals surface area contributed by atoms with E-state index < -0.39 is 0 Å². The van der Waals surface area contributed by atoms with Gasteiger partial charge in [-0.1, -0.05) is 140 Å². The maximum atomic E-state index is 2.44. The van der Waals surface area contributed by atoms with Crippen LogP contribution in [0.25, 0.3) is 76.9 Å². The molecule has 0 fully saturated rings. The lowest BCUT2D eigenvalue weighted by atomic mass is 9.95. The van der Waals surface area contributed by atoms with Gasteiger partial charge in [-0.05, 0) is 89.1 Å². The fourth-order valence-corrected chi connectivity index (χ4v) is 8.69. The number of anilines is 3. The monoisotopic (exact) mass is 701 g/mol. The van der Waals surface area contributed by atoms with Gasteiger partial charge in [-0.25, -0.2) is 0 Å². The van der Waals surface area contributed by atoms with Crippen LogP contribution in [0.15, 0.2) is 212 Å². The second-order valence-corrected chi connectivity index (χ2v) is 14.2. The zero-order valence-electron chi connectivity index (χ0n) is 30.0. The van der Waals surface area contributed by atoms with Crippen molar-refractivity contribution in [1.29, 1.82) is 0 Å². The highest BCUT2D eigenvalue weighted by atomic mass is 15.1. The summed E-state index contributed by atoms with van der Waals surface area (Å²) in [6.45, 7) is 0. The van der Waals surface area contributed by atoms with Gasteiger partial charge in [-0.2, -0.15) is 0 Å². The van der Waals surface area contributed by atoms with Crippen molar-refractivity contribution in [2.45, 2.75) is 0 Å². The van der Waals surface area contributed by atoms with Gasteiger partial charge in [0.25, 0.3) is 0 Å². The van der Waals surface area contributed by atoms with E-state index in [1.54, 1.807) is 0 Å². The second kappa shape index (κ2) is 12.6. The summed E-state index contributed by atoms with van der Waals surface area (Å²) in [7, 11) is 0. The first kappa shape index (κ1) is 31.2. The van der Waals surface area contributed by atoms with Crippen LogP contribution in [0.2, 0.25) is 0 Å². The molecule has 3 heteroatoms. The van der Waals surface area contributed by atoms with Gasteiger partial charge in [-0.15, -0.1) is 0 Å². The van der Waals surface area contributed by atoms with Crippen molar-refractivity contribution in [3.05, 3.63) is 212 Å². The molecule has 258 valence electrons. The predicted molar refractivity (Wildman–Crippen MR) is 233 cm³/mol. The third kappa shape index (κ3) is 4.98. The topological polar surface area (TPSA) is 13.1 Å². The minimum absolute atomic E-state index is 1.09. The van der Waals surface area contributed by atoms with E-state index in [1.165, 1.54) is 71.2 Å². The fraction of sp³-hybridized carbons (Fsp3) is 0. The van der Waals surface area contributed by atoms with Gasteiger partial charge in [0.05, 0.1) is 27.8 Å². The van der Waals surface area contributed by atoms with Crippen LogP contribution in [-0.4, -0.2) is 9.13 Å². The molecule has 55 heavy (non-hydrogen) atoms. The summed E-state index contributed by atoms with van der Waals surface area (Å²) in [5.74, 6) is 0. The molecule has 11 rings (SSSR count). The van der Waals surface area contributed by atoms with Crippen molar-refractivity contribution in [2.24, 2.45) is 0 Å². The Morgan fingerprint density at radius 1 is 0.309 bits per heavy atom. The molecule has 9 aromatic carbocycles. The number of aromatic nitrogens is 2. The summed E-state index contributed by atoms with van der Waals surface area (Å²) >= 11 is 0. The Labute approximate surface area is 319 Å². The normalized spacial score (nSPS) is 11.6. The SMILES string of the molecule is c1ccc(N(c2ccc(-c3c(-n4c5ccccc5c5ccccc54)ccc4ccccc34)cc2)c2ccc3c4ccccc4n(-c4ccccc4)c3c2)cc1. The van der Waals surface area contributed by atoms with E-state index in [1.807, 2.05) is 0 Å². The Morgan fingerprint density at radius 2 is 0.800 bits per heavy atom. The van der Waals surface area contributed by atoms with Gasteiger partial charge in [-0.3, -0.25) is 0 Å². The molecule has 3 nitrogen and oxygen atoms in total. The summed E-state index contributed by atoms with van der Waals surface area (Å²) in [6.07, 6.45) is 0. The molecule has 0 radical (unpaired) electrons. The van der Waals surface area contributed by atoms with E-state index in [0.29, 0.717) is 0 Å². The molecule has 0 aliphatic heterocycles. The lowest BCUT2D eigenvalue weighted by molar-refractivity contribution is 1.18. The van der Waals surface area contributed by atoms with Gasteiger partial charge < -0.3 is 14.0 Å². The lowest BCUT2D eigenvalue weighted by Gasteiger charge is -2.26.